The highest BCUT2D eigenvalue weighted by Gasteiger charge is 2.36. The molecular formula is C33H39Cl2N9O3. The summed E-state index contributed by atoms with van der Waals surface area (Å²) in [6.45, 7) is 3.34. The fraction of sp³-hybridized carbons (Fsp3) is 0.394. The average molecular weight is 681 g/mol. The molecule has 1 aliphatic carbocycles. The molecule has 0 spiro atoms. The third kappa shape index (κ3) is 7.73. The Labute approximate surface area is 284 Å². The van der Waals surface area contributed by atoms with E-state index < -0.39 is 11.9 Å². The maximum absolute atomic E-state index is 14.2. The smallest absolute Gasteiger partial charge is 0.240 e. The van der Waals surface area contributed by atoms with Crippen molar-refractivity contribution in [2.24, 2.45) is 23.3 Å². The number of halogens is 2. The molecule has 12 nitrogen and oxygen atoms in total. The molecule has 1 saturated heterocycles. The van der Waals surface area contributed by atoms with Gasteiger partial charge in [0.25, 0.3) is 0 Å². The van der Waals surface area contributed by atoms with Gasteiger partial charge in [0.2, 0.25) is 17.6 Å². The molecule has 2 aromatic heterocycles. The molecular weight excluding hydrogens is 641 g/mol. The summed E-state index contributed by atoms with van der Waals surface area (Å²) in [4.78, 5) is 35.6. The summed E-state index contributed by atoms with van der Waals surface area (Å²) in [5, 5.41) is 14.7. The molecule has 14 heteroatoms. The lowest BCUT2D eigenvalue weighted by Crippen LogP contribution is -2.52. The zero-order valence-electron chi connectivity index (χ0n) is 25.9. The average Bonchev–Trinajstić information content (AvgIpc) is 3.64. The van der Waals surface area contributed by atoms with Crippen LogP contribution < -0.4 is 21.3 Å². The number of tetrazole rings is 1. The van der Waals surface area contributed by atoms with Gasteiger partial charge in [-0.3, -0.25) is 14.5 Å². The fourth-order valence-corrected chi connectivity index (χ4v) is 6.71. The maximum atomic E-state index is 14.2. The summed E-state index contributed by atoms with van der Waals surface area (Å²) >= 11 is 6.85. The van der Waals surface area contributed by atoms with E-state index in [4.69, 9.17) is 27.8 Å². The van der Waals surface area contributed by atoms with Crippen molar-refractivity contribution >= 4 is 47.3 Å². The van der Waals surface area contributed by atoms with Crippen molar-refractivity contribution in [3.63, 3.8) is 0 Å². The van der Waals surface area contributed by atoms with Crippen molar-refractivity contribution in [3.8, 4) is 22.5 Å². The Morgan fingerprint density at radius 3 is 2.30 bits per heavy atom. The van der Waals surface area contributed by atoms with E-state index in [9.17, 15) is 9.59 Å². The van der Waals surface area contributed by atoms with Crippen molar-refractivity contribution in [2.45, 2.75) is 38.1 Å². The molecule has 6 rings (SSSR count). The second-order valence-electron chi connectivity index (χ2n) is 11.9. The maximum Gasteiger partial charge on any atom is 0.240 e. The number of H-pyrrole nitrogens is 1. The summed E-state index contributed by atoms with van der Waals surface area (Å²) in [5.74, 6) is 0.669. The number of ether oxygens (including phenoxy) is 1. The molecule has 3 heterocycles. The number of rotatable bonds is 10. The van der Waals surface area contributed by atoms with Crippen LogP contribution in [0.2, 0.25) is 5.02 Å². The first-order chi connectivity index (χ1) is 22.4. The number of hydrogen-bond acceptors (Lipinski definition) is 9. The number of aromatic nitrogens is 5. The lowest BCUT2D eigenvalue weighted by Gasteiger charge is -2.35. The topological polar surface area (TPSA) is 169 Å². The van der Waals surface area contributed by atoms with Gasteiger partial charge in [0.1, 0.15) is 11.9 Å². The summed E-state index contributed by atoms with van der Waals surface area (Å²) in [7, 11) is 0. The van der Waals surface area contributed by atoms with E-state index in [2.05, 4.69) is 30.5 Å². The first kappa shape index (κ1) is 34.2. The second-order valence-corrected chi connectivity index (χ2v) is 12.2. The molecule has 47 heavy (non-hydrogen) atoms. The number of amides is 2. The zero-order chi connectivity index (χ0) is 32.0. The monoisotopic (exact) mass is 679 g/mol. The van der Waals surface area contributed by atoms with Crippen LogP contribution in [0.5, 0.6) is 0 Å². The Bertz CT molecular complexity index is 1620. The Balaban J connectivity index is 0.00000433. The van der Waals surface area contributed by atoms with E-state index >= 15 is 0 Å². The van der Waals surface area contributed by atoms with Crippen LogP contribution in [0.3, 0.4) is 0 Å². The van der Waals surface area contributed by atoms with Gasteiger partial charge in [-0.2, -0.15) is 5.21 Å². The first-order valence-electron chi connectivity index (χ1n) is 15.7. The predicted octanol–water partition coefficient (Wildman–Crippen LogP) is 4.04. The minimum Gasteiger partial charge on any atom is -0.378 e. The summed E-state index contributed by atoms with van der Waals surface area (Å²) < 4.78 is 5.48. The van der Waals surface area contributed by atoms with Gasteiger partial charge in [0, 0.05) is 48.4 Å². The predicted molar refractivity (Wildman–Crippen MR) is 183 cm³/mol. The molecule has 0 unspecified atom stereocenters. The molecule has 2 amide bonds. The normalized spacial score (nSPS) is 18.6. The number of nitrogens with zero attached hydrogens (tertiary/aromatic N) is 6. The lowest BCUT2D eigenvalue weighted by atomic mass is 9.81. The standard InChI is InChI=1S/C33H38ClN9O3.ClH/c34-29-27(13-14-37-32(29)42-15-17-46-18-16-42)23-5-1-21(2-6-23)19-28(30(36)44)43(33(45)25-7-3-22(20-35)4-8-25)26-11-9-24(10-12-26)31-38-40-41-39-31;/h1-2,5-6,9-14,22,25,28H,3-4,7-8,15-20,35H2,(H2,36,44)(H,38,39,40,41);1H/t22?,25?,28-;/m0./s1. The SMILES string of the molecule is Cl.NCC1CCC(C(=O)N(c2ccc(-c3nn[nH]n3)cc2)[C@@H](Cc2ccc(-c3ccnc(N4CCOCC4)c3Cl)cc2)C(N)=O)CC1. The number of carbonyl (C=O) groups excluding carboxylic acids is 2. The number of nitrogens with two attached hydrogens (primary N) is 2. The molecule has 5 N–H and O–H groups in total. The van der Waals surface area contributed by atoms with Crippen LogP contribution in [0, 0.1) is 11.8 Å². The number of primary amides is 1. The number of pyridine rings is 1. The summed E-state index contributed by atoms with van der Waals surface area (Å²) in [6.07, 6.45) is 5.21. The van der Waals surface area contributed by atoms with Gasteiger partial charge in [-0.1, -0.05) is 35.9 Å². The second kappa shape index (κ2) is 15.7. The number of nitrogens with one attached hydrogen (secondary N) is 1. The molecule has 1 aliphatic heterocycles. The minimum absolute atomic E-state index is 0. The van der Waals surface area contributed by atoms with Gasteiger partial charge < -0.3 is 21.1 Å². The van der Waals surface area contributed by atoms with Crippen LogP contribution in [0.25, 0.3) is 22.5 Å². The molecule has 0 radical (unpaired) electrons. The Hall–Kier alpha value is -4.10. The zero-order valence-corrected chi connectivity index (χ0v) is 27.5. The van der Waals surface area contributed by atoms with Gasteiger partial charge in [-0.15, -0.1) is 22.6 Å². The van der Waals surface area contributed by atoms with Gasteiger partial charge in [-0.05, 0) is 84.8 Å². The van der Waals surface area contributed by atoms with Crippen molar-refractivity contribution in [2.75, 3.05) is 42.6 Å². The Morgan fingerprint density at radius 1 is 1.00 bits per heavy atom. The van der Waals surface area contributed by atoms with E-state index in [0.29, 0.717) is 42.2 Å². The molecule has 2 aromatic carbocycles. The van der Waals surface area contributed by atoms with Crippen molar-refractivity contribution in [3.05, 3.63) is 71.4 Å². The highest BCUT2D eigenvalue weighted by molar-refractivity contribution is 6.35. The molecule has 2 aliphatic rings. The molecule has 0 bridgehead atoms. The van der Waals surface area contributed by atoms with Gasteiger partial charge in [0.05, 0.1) is 18.2 Å². The molecule has 1 atom stereocenters. The van der Waals surface area contributed by atoms with E-state index in [1.807, 2.05) is 42.5 Å². The number of hydrogen-bond donors (Lipinski definition) is 3. The van der Waals surface area contributed by atoms with Crippen molar-refractivity contribution in [1.29, 1.82) is 0 Å². The summed E-state index contributed by atoms with van der Waals surface area (Å²) in [6, 6.07) is 16.0. The fourth-order valence-electron chi connectivity index (χ4n) is 6.37. The lowest BCUT2D eigenvalue weighted by molar-refractivity contribution is -0.127. The number of anilines is 2. The van der Waals surface area contributed by atoms with Crippen LogP contribution in [0.4, 0.5) is 11.5 Å². The number of benzene rings is 2. The minimum atomic E-state index is -0.904. The van der Waals surface area contributed by atoms with Gasteiger partial charge in [0.15, 0.2) is 0 Å². The third-order valence-electron chi connectivity index (χ3n) is 9.03. The number of carbonyl (C=O) groups is 2. The molecule has 2 fully saturated rings. The van der Waals surface area contributed by atoms with E-state index in [1.165, 1.54) is 0 Å². The molecule has 4 aromatic rings. The summed E-state index contributed by atoms with van der Waals surface area (Å²) in [5.41, 5.74) is 15.9. The molecule has 248 valence electrons. The van der Waals surface area contributed by atoms with E-state index in [0.717, 1.165) is 66.8 Å². The van der Waals surface area contributed by atoms with Crippen LogP contribution in [-0.4, -0.2) is 76.3 Å². The highest BCUT2D eigenvalue weighted by Crippen LogP contribution is 2.36. The Morgan fingerprint density at radius 2 is 1.68 bits per heavy atom. The van der Waals surface area contributed by atoms with Crippen LogP contribution >= 0.6 is 24.0 Å². The third-order valence-corrected chi connectivity index (χ3v) is 9.40. The molecule has 1 saturated carbocycles. The number of morpholine rings is 1. The Kier molecular flexibility index (Phi) is 11.4. The van der Waals surface area contributed by atoms with E-state index in [-0.39, 0.29) is 30.7 Å². The van der Waals surface area contributed by atoms with Crippen molar-refractivity contribution in [1.82, 2.24) is 25.6 Å². The quantitative estimate of drug-likeness (QED) is 0.224. The van der Waals surface area contributed by atoms with E-state index in [1.54, 1.807) is 23.2 Å². The largest absolute Gasteiger partial charge is 0.378 e. The highest BCUT2D eigenvalue weighted by atomic mass is 35.5. The van der Waals surface area contributed by atoms with Crippen molar-refractivity contribution < 1.29 is 14.3 Å². The number of aromatic amines is 1. The van der Waals surface area contributed by atoms with Gasteiger partial charge in [-0.25, -0.2) is 4.98 Å². The first-order valence-corrected chi connectivity index (χ1v) is 16.0. The van der Waals surface area contributed by atoms with Crippen LogP contribution in [0.1, 0.15) is 31.2 Å². The van der Waals surface area contributed by atoms with Gasteiger partial charge >= 0.3 is 0 Å². The van der Waals surface area contributed by atoms with Crippen LogP contribution in [-0.2, 0) is 20.7 Å². The van der Waals surface area contributed by atoms with Crippen LogP contribution in [0.15, 0.2) is 60.8 Å².